The molecule has 4 heteroatoms. The molecular weight excluding hydrogens is 283 g/mol. The summed E-state index contributed by atoms with van der Waals surface area (Å²) in [5, 5.41) is 3.11. The quantitative estimate of drug-likeness (QED) is 0.891. The molecule has 1 aromatic heterocycles. The van der Waals surface area contributed by atoms with Gasteiger partial charge in [0, 0.05) is 10.2 Å². The van der Waals surface area contributed by atoms with Gasteiger partial charge in [-0.3, -0.25) is 0 Å². The fraction of sp³-hybridized carbons (Fsp3) is 0.154. The zero-order valence-corrected chi connectivity index (χ0v) is 11.2. The van der Waals surface area contributed by atoms with E-state index in [1.54, 1.807) is 6.07 Å². The van der Waals surface area contributed by atoms with E-state index < -0.39 is 0 Å². The van der Waals surface area contributed by atoms with Crippen LogP contribution in [0, 0.1) is 19.7 Å². The van der Waals surface area contributed by atoms with Crippen LogP contribution >= 0.6 is 15.9 Å². The molecule has 0 amide bonds. The summed E-state index contributed by atoms with van der Waals surface area (Å²) >= 11 is 3.39. The molecule has 0 radical (unpaired) electrons. The summed E-state index contributed by atoms with van der Waals surface area (Å²) in [6, 6.07) is 8.42. The SMILES string of the molecule is Cc1ccc(F)cc1Nc1ccc(Br)c(C)n1. The Hall–Kier alpha value is -1.42. The third-order valence-corrected chi connectivity index (χ3v) is 3.32. The Labute approximate surface area is 108 Å². The number of benzene rings is 1. The Morgan fingerprint density at radius 3 is 2.65 bits per heavy atom. The molecule has 17 heavy (non-hydrogen) atoms. The van der Waals surface area contributed by atoms with E-state index in [2.05, 4.69) is 26.2 Å². The van der Waals surface area contributed by atoms with Gasteiger partial charge in [0.15, 0.2) is 0 Å². The summed E-state index contributed by atoms with van der Waals surface area (Å²) in [5.74, 6) is 0.450. The smallest absolute Gasteiger partial charge is 0.130 e. The summed E-state index contributed by atoms with van der Waals surface area (Å²) in [6.45, 7) is 3.83. The monoisotopic (exact) mass is 294 g/mol. The molecular formula is C13H12BrFN2. The van der Waals surface area contributed by atoms with Crippen molar-refractivity contribution in [2.45, 2.75) is 13.8 Å². The van der Waals surface area contributed by atoms with Crippen LogP contribution in [0.15, 0.2) is 34.8 Å². The first-order chi connectivity index (χ1) is 8.06. The van der Waals surface area contributed by atoms with Gasteiger partial charge >= 0.3 is 0 Å². The lowest BCUT2D eigenvalue weighted by atomic mass is 10.2. The number of anilines is 2. The Bertz CT molecular complexity index is 555. The van der Waals surface area contributed by atoms with Crippen molar-refractivity contribution in [1.29, 1.82) is 0 Å². The Morgan fingerprint density at radius 2 is 1.94 bits per heavy atom. The van der Waals surface area contributed by atoms with Crippen molar-refractivity contribution < 1.29 is 4.39 Å². The van der Waals surface area contributed by atoms with E-state index in [1.165, 1.54) is 12.1 Å². The van der Waals surface area contributed by atoms with E-state index in [9.17, 15) is 4.39 Å². The lowest BCUT2D eigenvalue weighted by Crippen LogP contribution is -1.97. The van der Waals surface area contributed by atoms with Crippen LogP contribution in [-0.4, -0.2) is 4.98 Å². The van der Waals surface area contributed by atoms with Gasteiger partial charge in [-0.25, -0.2) is 9.37 Å². The van der Waals surface area contributed by atoms with Crippen LogP contribution < -0.4 is 5.32 Å². The van der Waals surface area contributed by atoms with Gasteiger partial charge in [0.05, 0.1) is 5.69 Å². The van der Waals surface area contributed by atoms with Gasteiger partial charge < -0.3 is 5.32 Å². The molecule has 0 spiro atoms. The highest BCUT2D eigenvalue weighted by molar-refractivity contribution is 9.10. The van der Waals surface area contributed by atoms with Gasteiger partial charge in [-0.15, -0.1) is 0 Å². The van der Waals surface area contributed by atoms with Crippen molar-refractivity contribution in [3.05, 3.63) is 51.9 Å². The summed E-state index contributed by atoms with van der Waals surface area (Å²) in [7, 11) is 0. The number of nitrogens with one attached hydrogen (secondary N) is 1. The molecule has 2 nitrogen and oxygen atoms in total. The van der Waals surface area contributed by atoms with Crippen LogP contribution in [0.4, 0.5) is 15.9 Å². The highest BCUT2D eigenvalue weighted by atomic mass is 79.9. The molecule has 0 aliphatic heterocycles. The lowest BCUT2D eigenvalue weighted by molar-refractivity contribution is 0.628. The number of pyridine rings is 1. The van der Waals surface area contributed by atoms with Crippen molar-refractivity contribution in [2.24, 2.45) is 0 Å². The van der Waals surface area contributed by atoms with Gasteiger partial charge in [-0.2, -0.15) is 0 Å². The zero-order valence-electron chi connectivity index (χ0n) is 9.59. The van der Waals surface area contributed by atoms with Crippen LogP contribution in [-0.2, 0) is 0 Å². The van der Waals surface area contributed by atoms with Gasteiger partial charge in [0.2, 0.25) is 0 Å². The Balaban J connectivity index is 2.31. The van der Waals surface area contributed by atoms with E-state index in [-0.39, 0.29) is 5.82 Å². The van der Waals surface area contributed by atoms with Gasteiger partial charge in [-0.1, -0.05) is 6.07 Å². The maximum Gasteiger partial charge on any atom is 0.130 e. The second-order valence-electron chi connectivity index (χ2n) is 3.85. The molecule has 88 valence electrons. The molecule has 1 N–H and O–H groups in total. The molecule has 2 aromatic rings. The van der Waals surface area contributed by atoms with Crippen LogP contribution in [0.3, 0.4) is 0 Å². The normalized spacial score (nSPS) is 10.4. The number of halogens is 2. The maximum absolute atomic E-state index is 13.1. The number of hydrogen-bond donors (Lipinski definition) is 1. The number of nitrogens with zero attached hydrogens (tertiary/aromatic N) is 1. The van der Waals surface area contributed by atoms with E-state index in [4.69, 9.17) is 0 Å². The predicted molar refractivity (Wildman–Crippen MR) is 71.1 cm³/mol. The highest BCUT2D eigenvalue weighted by Gasteiger charge is 2.03. The number of aromatic nitrogens is 1. The van der Waals surface area contributed by atoms with Crippen molar-refractivity contribution in [2.75, 3.05) is 5.32 Å². The van der Waals surface area contributed by atoms with Crippen LogP contribution in [0.1, 0.15) is 11.3 Å². The zero-order chi connectivity index (χ0) is 12.4. The number of aryl methyl sites for hydroxylation is 2. The molecule has 0 saturated carbocycles. The fourth-order valence-corrected chi connectivity index (χ4v) is 1.70. The van der Waals surface area contributed by atoms with Crippen molar-refractivity contribution in [3.63, 3.8) is 0 Å². The predicted octanol–water partition coefficient (Wildman–Crippen LogP) is 4.34. The van der Waals surface area contributed by atoms with Crippen molar-refractivity contribution >= 4 is 27.4 Å². The summed E-state index contributed by atoms with van der Waals surface area (Å²) in [6.07, 6.45) is 0. The van der Waals surface area contributed by atoms with E-state index in [0.717, 1.165) is 21.4 Å². The van der Waals surface area contributed by atoms with Gasteiger partial charge in [0.25, 0.3) is 0 Å². The largest absolute Gasteiger partial charge is 0.340 e. The number of rotatable bonds is 2. The topological polar surface area (TPSA) is 24.9 Å². The summed E-state index contributed by atoms with van der Waals surface area (Å²) < 4.78 is 14.1. The summed E-state index contributed by atoms with van der Waals surface area (Å²) in [4.78, 5) is 4.36. The third-order valence-electron chi connectivity index (χ3n) is 2.48. The lowest BCUT2D eigenvalue weighted by Gasteiger charge is -2.09. The number of hydrogen-bond acceptors (Lipinski definition) is 2. The minimum atomic E-state index is -0.257. The van der Waals surface area contributed by atoms with E-state index in [0.29, 0.717) is 5.82 Å². The second-order valence-corrected chi connectivity index (χ2v) is 4.70. The summed E-state index contributed by atoms with van der Waals surface area (Å²) in [5.41, 5.74) is 2.61. The van der Waals surface area contributed by atoms with Crippen molar-refractivity contribution in [1.82, 2.24) is 4.98 Å². The minimum Gasteiger partial charge on any atom is -0.340 e. The Morgan fingerprint density at radius 1 is 1.18 bits per heavy atom. The molecule has 1 aromatic carbocycles. The van der Waals surface area contributed by atoms with Gasteiger partial charge in [-0.05, 0) is 59.6 Å². The first-order valence-electron chi connectivity index (χ1n) is 5.22. The first kappa shape index (κ1) is 12.0. The molecule has 0 aliphatic rings. The van der Waals surface area contributed by atoms with Crippen molar-refractivity contribution in [3.8, 4) is 0 Å². The van der Waals surface area contributed by atoms with Gasteiger partial charge in [0.1, 0.15) is 11.6 Å². The molecule has 1 heterocycles. The van der Waals surface area contributed by atoms with E-state index in [1.807, 2.05) is 26.0 Å². The first-order valence-corrected chi connectivity index (χ1v) is 6.02. The minimum absolute atomic E-state index is 0.257. The molecule has 0 saturated heterocycles. The molecule has 0 bridgehead atoms. The highest BCUT2D eigenvalue weighted by Crippen LogP contribution is 2.22. The van der Waals surface area contributed by atoms with Crippen LogP contribution in [0.5, 0.6) is 0 Å². The average Bonchev–Trinajstić information content (AvgIpc) is 2.29. The third kappa shape index (κ3) is 2.82. The average molecular weight is 295 g/mol. The second kappa shape index (κ2) is 4.84. The molecule has 0 atom stereocenters. The maximum atomic E-state index is 13.1. The van der Waals surface area contributed by atoms with Crippen LogP contribution in [0.2, 0.25) is 0 Å². The van der Waals surface area contributed by atoms with E-state index >= 15 is 0 Å². The molecule has 0 fully saturated rings. The standard InChI is InChI=1S/C13H12BrFN2/c1-8-3-4-10(15)7-12(8)17-13-6-5-11(14)9(2)16-13/h3-7H,1-2H3,(H,16,17). The molecule has 0 aliphatic carbocycles. The van der Waals surface area contributed by atoms with Crippen LogP contribution in [0.25, 0.3) is 0 Å². The molecule has 0 unspecified atom stereocenters. The molecule has 2 rings (SSSR count). The Kier molecular flexibility index (Phi) is 3.43. The fourth-order valence-electron chi connectivity index (χ4n) is 1.48.